The van der Waals surface area contributed by atoms with E-state index in [9.17, 15) is 12.8 Å². The zero-order chi connectivity index (χ0) is 14.8. The number of hydrogen-bond acceptors (Lipinski definition) is 3. The molecule has 20 heavy (non-hydrogen) atoms. The summed E-state index contributed by atoms with van der Waals surface area (Å²) in [5.74, 6) is -0.723. The van der Waals surface area contributed by atoms with Crippen molar-refractivity contribution in [3.63, 3.8) is 0 Å². The fourth-order valence-corrected chi connectivity index (χ4v) is 4.15. The van der Waals surface area contributed by atoms with E-state index in [0.29, 0.717) is 23.6 Å². The van der Waals surface area contributed by atoms with E-state index in [1.54, 1.807) is 6.07 Å². The van der Waals surface area contributed by atoms with Gasteiger partial charge >= 0.3 is 0 Å². The lowest BCUT2D eigenvalue weighted by molar-refractivity contribution is 0.0568. The van der Waals surface area contributed by atoms with Crippen molar-refractivity contribution < 1.29 is 17.5 Å². The van der Waals surface area contributed by atoms with E-state index >= 15 is 0 Å². The van der Waals surface area contributed by atoms with Crippen LogP contribution in [0.1, 0.15) is 12.0 Å². The highest BCUT2D eigenvalue weighted by atomic mass is 35.5. The zero-order valence-electron chi connectivity index (χ0n) is 11.1. The second-order valence-corrected chi connectivity index (χ2v) is 7.33. The number of sulfonamides is 1. The number of hydrogen-bond donors (Lipinski definition) is 1. The molecule has 1 aromatic rings. The molecule has 2 rings (SSSR count). The number of nitrogens with one attached hydrogen (secondary N) is 1. The van der Waals surface area contributed by atoms with Gasteiger partial charge in [-0.3, -0.25) is 0 Å². The van der Waals surface area contributed by atoms with Gasteiger partial charge in [-0.2, -0.15) is 0 Å². The molecule has 0 aliphatic carbocycles. The maximum absolute atomic E-state index is 13.8. The van der Waals surface area contributed by atoms with E-state index in [1.165, 1.54) is 19.2 Å². The topological polar surface area (TPSA) is 55.4 Å². The van der Waals surface area contributed by atoms with Gasteiger partial charge in [0.05, 0.1) is 11.9 Å². The molecule has 1 fully saturated rings. The molecule has 0 radical (unpaired) electrons. The summed E-state index contributed by atoms with van der Waals surface area (Å²) in [4.78, 5) is 0. The predicted molar refractivity (Wildman–Crippen MR) is 75.8 cm³/mol. The third-order valence-corrected chi connectivity index (χ3v) is 5.96. The molecule has 0 bridgehead atoms. The first-order valence-corrected chi connectivity index (χ1v) is 8.31. The predicted octanol–water partition coefficient (Wildman–Crippen LogP) is 1.98. The van der Waals surface area contributed by atoms with Crippen LogP contribution in [0.5, 0.6) is 0 Å². The first-order chi connectivity index (χ1) is 9.45. The lowest BCUT2D eigenvalue weighted by Gasteiger charge is -2.31. The van der Waals surface area contributed by atoms with Gasteiger partial charge in [0.15, 0.2) is 0 Å². The molecular formula is C13H17ClFNO3S. The van der Waals surface area contributed by atoms with Gasteiger partial charge in [-0.15, -0.1) is 0 Å². The van der Waals surface area contributed by atoms with Crippen LogP contribution < -0.4 is 4.72 Å². The molecule has 1 heterocycles. The quantitative estimate of drug-likeness (QED) is 0.922. The Morgan fingerprint density at radius 3 is 2.90 bits per heavy atom. The smallest absolute Gasteiger partial charge is 0.214 e. The molecule has 1 saturated heterocycles. The van der Waals surface area contributed by atoms with Crippen LogP contribution >= 0.6 is 11.6 Å². The van der Waals surface area contributed by atoms with Crippen molar-refractivity contribution in [1.29, 1.82) is 0 Å². The maximum atomic E-state index is 13.8. The van der Waals surface area contributed by atoms with E-state index < -0.39 is 21.1 Å². The summed E-state index contributed by atoms with van der Waals surface area (Å²) in [6.45, 7) is 0.684. The SMILES string of the molecule is CNS(=O)(=O)[C@H]1CCOC[C@@H]1Cc1c(F)cccc1Cl. The minimum Gasteiger partial charge on any atom is -0.381 e. The van der Waals surface area contributed by atoms with Crippen LogP contribution in [-0.2, 0) is 21.2 Å². The largest absolute Gasteiger partial charge is 0.381 e. The average molecular weight is 322 g/mol. The second-order valence-electron chi connectivity index (χ2n) is 4.82. The van der Waals surface area contributed by atoms with Crippen molar-refractivity contribution in [3.05, 3.63) is 34.6 Å². The van der Waals surface area contributed by atoms with Crippen LogP contribution in [-0.4, -0.2) is 33.9 Å². The molecule has 1 aromatic carbocycles. The number of benzene rings is 1. The molecule has 0 saturated carbocycles. The Balaban J connectivity index is 2.26. The maximum Gasteiger partial charge on any atom is 0.214 e. The van der Waals surface area contributed by atoms with Crippen molar-refractivity contribution in [3.8, 4) is 0 Å². The van der Waals surface area contributed by atoms with Crippen molar-refractivity contribution >= 4 is 21.6 Å². The van der Waals surface area contributed by atoms with Crippen LogP contribution in [0.2, 0.25) is 5.02 Å². The van der Waals surface area contributed by atoms with Gasteiger partial charge in [0.25, 0.3) is 0 Å². The highest BCUT2D eigenvalue weighted by Crippen LogP contribution is 2.29. The fraction of sp³-hybridized carbons (Fsp3) is 0.538. The molecule has 2 atom stereocenters. The fourth-order valence-electron chi connectivity index (χ4n) is 2.52. The lowest BCUT2D eigenvalue weighted by Crippen LogP contribution is -2.43. The van der Waals surface area contributed by atoms with Crippen LogP contribution in [0, 0.1) is 11.7 Å². The van der Waals surface area contributed by atoms with Gasteiger partial charge in [0.1, 0.15) is 5.82 Å². The normalized spacial score (nSPS) is 23.8. The minimum absolute atomic E-state index is 0.247. The summed E-state index contributed by atoms with van der Waals surface area (Å²) in [5, 5.41) is -0.270. The van der Waals surface area contributed by atoms with Gasteiger partial charge in [0, 0.05) is 23.1 Å². The zero-order valence-corrected chi connectivity index (χ0v) is 12.7. The number of rotatable bonds is 4. The van der Waals surface area contributed by atoms with Crippen molar-refractivity contribution in [2.24, 2.45) is 5.92 Å². The Morgan fingerprint density at radius 1 is 1.50 bits per heavy atom. The van der Waals surface area contributed by atoms with E-state index in [0.717, 1.165) is 0 Å². The van der Waals surface area contributed by atoms with E-state index in [2.05, 4.69) is 4.72 Å². The highest BCUT2D eigenvalue weighted by Gasteiger charge is 2.36. The summed E-state index contributed by atoms with van der Waals surface area (Å²) in [7, 11) is -2.02. The summed E-state index contributed by atoms with van der Waals surface area (Å²) in [5.41, 5.74) is 0.348. The van der Waals surface area contributed by atoms with E-state index in [1.807, 2.05) is 0 Å². The average Bonchev–Trinajstić information content (AvgIpc) is 2.43. The van der Waals surface area contributed by atoms with Gasteiger partial charge in [-0.25, -0.2) is 17.5 Å². The lowest BCUT2D eigenvalue weighted by atomic mass is 9.93. The summed E-state index contributed by atoms with van der Waals surface area (Å²) >= 11 is 6.00. The third kappa shape index (κ3) is 3.31. The molecule has 0 spiro atoms. The first-order valence-electron chi connectivity index (χ1n) is 6.38. The van der Waals surface area contributed by atoms with Crippen LogP contribution in [0.25, 0.3) is 0 Å². The summed E-state index contributed by atoms with van der Waals surface area (Å²) < 4.78 is 45.6. The number of ether oxygens (including phenoxy) is 1. The van der Waals surface area contributed by atoms with Gasteiger partial charge in [-0.05, 0) is 32.0 Å². The molecule has 1 aliphatic heterocycles. The number of halogens is 2. The molecular weight excluding hydrogens is 305 g/mol. The highest BCUT2D eigenvalue weighted by molar-refractivity contribution is 7.90. The van der Waals surface area contributed by atoms with Crippen molar-refractivity contribution in [2.75, 3.05) is 20.3 Å². The van der Waals surface area contributed by atoms with Gasteiger partial charge in [0.2, 0.25) is 10.0 Å². The molecule has 1 N–H and O–H groups in total. The first kappa shape index (κ1) is 15.7. The monoisotopic (exact) mass is 321 g/mol. The molecule has 0 amide bonds. The Morgan fingerprint density at radius 2 is 2.25 bits per heavy atom. The Bertz CT molecular complexity index is 559. The third-order valence-electron chi connectivity index (χ3n) is 3.62. The van der Waals surface area contributed by atoms with Crippen LogP contribution in [0.15, 0.2) is 18.2 Å². The standard InChI is InChI=1S/C13H17ClFNO3S/c1-16-20(17,18)13-5-6-19-8-9(13)7-10-11(14)3-2-4-12(10)15/h2-4,9,13,16H,5-8H2,1H3/t9-,13-/m0/s1. The van der Waals surface area contributed by atoms with Crippen LogP contribution in [0.3, 0.4) is 0 Å². The molecule has 7 heteroatoms. The summed E-state index contributed by atoms with van der Waals surface area (Å²) in [6.07, 6.45) is 0.650. The van der Waals surface area contributed by atoms with Gasteiger partial charge in [-0.1, -0.05) is 17.7 Å². The molecule has 4 nitrogen and oxygen atoms in total. The molecule has 0 aromatic heterocycles. The Labute approximate surface area is 123 Å². The molecule has 1 aliphatic rings. The Hall–Kier alpha value is -0.690. The molecule has 112 valence electrons. The van der Waals surface area contributed by atoms with Gasteiger partial charge < -0.3 is 4.74 Å². The summed E-state index contributed by atoms with van der Waals surface area (Å²) in [6, 6.07) is 4.46. The second kappa shape index (κ2) is 6.39. The Kier molecular flexibility index (Phi) is 5.01. The van der Waals surface area contributed by atoms with Crippen molar-refractivity contribution in [1.82, 2.24) is 4.72 Å². The van der Waals surface area contributed by atoms with Crippen LogP contribution in [0.4, 0.5) is 4.39 Å². The van der Waals surface area contributed by atoms with Crippen molar-refractivity contribution in [2.45, 2.75) is 18.1 Å². The van der Waals surface area contributed by atoms with E-state index in [4.69, 9.17) is 16.3 Å². The van der Waals surface area contributed by atoms with E-state index in [-0.39, 0.29) is 18.9 Å². The minimum atomic E-state index is -3.41. The molecule has 0 unspecified atom stereocenters.